The summed E-state index contributed by atoms with van der Waals surface area (Å²) in [6.45, 7) is 2.27. The van der Waals surface area contributed by atoms with E-state index >= 15 is 0 Å². The second-order valence-electron chi connectivity index (χ2n) is 5.33. The third-order valence-corrected chi connectivity index (χ3v) is 4.35. The minimum absolute atomic E-state index is 0.0549. The molecule has 0 aliphatic heterocycles. The molecular weight excluding hydrogens is 251 g/mol. The topological polar surface area (TPSA) is 38.0 Å². The van der Waals surface area contributed by atoms with E-state index in [9.17, 15) is 4.39 Å². The molecule has 2 rings (SSSR count). The number of nitrogens with two attached hydrogens (primary N) is 1. The fraction of sp³-hybridized carbons (Fsp3) is 0.571. The smallest absolute Gasteiger partial charge is 0.123 e. The molecule has 0 saturated heterocycles. The van der Waals surface area contributed by atoms with E-state index in [0.29, 0.717) is 10.9 Å². The van der Waals surface area contributed by atoms with Crippen LogP contribution < -0.4 is 11.3 Å². The van der Waals surface area contributed by atoms with E-state index in [2.05, 4.69) is 12.3 Å². The second kappa shape index (κ2) is 6.00. The van der Waals surface area contributed by atoms with Crippen LogP contribution in [-0.2, 0) is 0 Å². The molecule has 1 atom stereocenters. The van der Waals surface area contributed by atoms with Crippen LogP contribution in [0.1, 0.15) is 44.2 Å². The SMILES string of the molecule is CC1CCC(C(NN)c2cc(F)ccc2Cl)CC1. The number of hydrogen-bond donors (Lipinski definition) is 2. The summed E-state index contributed by atoms with van der Waals surface area (Å²) >= 11 is 6.16. The van der Waals surface area contributed by atoms with Gasteiger partial charge in [-0.3, -0.25) is 11.3 Å². The van der Waals surface area contributed by atoms with Crippen LogP contribution in [0.2, 0.25) is 5.02 Å². The Kier molecular flexibility index (Phi) is 4.60. The zero-order valence-electron chi connectivity index (χ0n) is 10.6. The zero-order valence-corrected chi connectivity index (χ0v) is 11.4. The maximum Gasteiger partial charge on any atom is 0.123 e. The Morgan fingerprint density at radius 2 is 2.00 bits per heavy atom. The largest absolute Gasteiger partial charge is 0.271 e. The molecule has 0 spiro atoms. The van der Waals surface area contributed by atoms with Crippen molar-refractivity contribution in [1.29, 1.82) is 0 Å². The van der Waals surface area contributed by atoms with Gasteiger partial charge in [0, 0.05) is 5.02 Å². The Morgan fingerprint density at radius 1 is 1.33 bits per heavy atom. The molecule has 3 N–H and O–H groups in total. The first kappa shape index (κ1) is 13.8. The summed E-state index contributed by atoms with van der Waals surface area (Å²) < 4.78 is 13.3. The Hall–Kier alpha value is -0.640. The molecular formula is C14H20ClFN2. The molecule has 100 valence electrons. The van der Waals surface area contributed by atoms with Gasteiger partial charge in [-0.05, 0) is 48.4 Å². The third-order valence-electron chi connectivity index (χ3n) is 4.00. The fourth-order valence-electron chi connectivity index (χ4n) is 2.85. The number of hydrogen-bond acceptors (Lipinski definition) is 2. The lowest BCUT2D eigenvalue weighted by atomic mass is 9.77. The standard InChI is InChI=1S/C14H20ClFN2/c1-9-2-4-10(5-3-9)14(18-17)12-8-11(16)6-7-13(12)15/h6-10,14,18H,2-5,17H2,1H3. The van der Waals surface area contributed by atoms with Crippen molar-refractivity contribution in [3.8, 4) is 0 Å². The lowest BCUT2D eigenvalue weighted by molar-refractivity contribution is 0.232. The Labute approximate surface area is 113 Å². The first-order chi connectivity index (χ1) is 8.61. The van der Waals surface area contributed by atoms with Crippen LogP contribution >= 0.6 is 11.6 Å². The average molecular weight is 271 g/mol. The summed E-state index contributed by atoms with van der Waals surface area (Å²) in [4.78, 5) is 0. The molecule has 1 fully saturated rings. The molecule has 18 heavy (non-hydrogen) atoms. The number of nitrogens with one attached hydrogen (secondary N) is 1. The summed E-state index contributed by atoms with van der Waals surface area (Å²) in [7, 11) is 0. The summed E-state index contributed by atoms with van der Waals surface area (Å²) in [5.74, 6) is 6.61. The van der Waals surface area contributed by atoms with Gasteiger partial charge in [-0.1, -0.05) is 31.4 Å². The highest BCUT2D eigenvalue weighted by Gasteiger charge is 2.28. The van der Waals surface area contributed by atoms with Crippen LogP contribution in [0.3, 0.4) is 0 Å². The van der Waals surface area contributed by atoms with Crippen molar-refractivity contribution < 1.29 is 4.39 Å². The molecule has 1 aromatic rings. The minimum atomic E-state index is -0.265. The first-order valence-electron chi connectivity index (χ1n) is 6.53. The van der Waals surface area contributed by atoms with Gasteiger partial charge in [-0.2, -0.15) is 0 Å². The number of rotatable bonds is 3. The summed E-state index contributed by atoms with van der Waals surface area (Å²) in [6.07, 6.45) is 4.64. The molecule has 0 amide bonds. The van der Waals surface area contributed by atoms with Crippen molar-refractivity contribution in [2.45, 2.75) is 38.6 Å². The van der Waals surface area contributed by atoms with Crippen molar-refractivity contribution in [2.24, 2.45) is 17.7 Å². The number of benzene rings is 1. The van der Waals surface area contributed by atoms with Crippen LogP contribution in [0.15, 0.2) is 18.2 Å². The Morgan fingerprint density at radius 3 is 2.61 bits per heavy atom. The molecule has 2 nitrogen and oxygen atoms in total. The molecule has 0 heterocycles. The molecule has 0 aromatic heterocycles. The monoisotopic (exact) mass is 270 g/mol. The third kappa shape index (κ3) is 3.02. The van der Waals surface area contributed by atoms with Crippen LogP contribution in [0, 0.1) is 17.7 Å². The molecule has 0 bridgehead atoms. The summed E-state index contributed by atoms with van der Waals surface area (Å²) in [6, 6.07) is 4.41. The molecule has 1 saturated carbocycles. The molecule has 0 radical (unpaired) electrons. The highest BCUT2D eigenvalue weighted by Crippen LogP contribution is 2.38. The van der Waals surface area contributed by atoms with Crippen molar-refractivity contribution >= 4 is 11.6 Å². The van der Waals surface area contributed by atoms with Crippen LogP contribution in [0.25, 0.3) is 0 Å². The van der Waals surface area contributed by atoms with Gasteiger partial charge in [0.1, 0.15) is 5.82 Å². The van der Waals surface area contributed by atoms with E-state index in [-0.39, 0.29) is 11.9 Å². The van der Waals surface area contributed by atoms with Gasteiger partial charge in [0.05, 0.1) is 6.04 Å². The van der Waals surface area contributed by atoms with Gasteiger partial charge >= 0.3 is 0 Å². The maximum absolute atomic E-state index is 13.3. The van der Waals surface area contributed by atoms with Gasteiger partial charge in [0.25, 0.3) is 0 Å². The van der Waals surface area contributed by atoms with Gasteiger partial charge in [0.15, 0.2) is 0 Å². The predicted octanol–water partition coefficient (Wildman–Crippen LogP) is 3.81. The highest BCUT2D eigenvalue weighted by molar-refractivity contribution is 6.31. The maximum atomic E-state index is 13.3. The lowest BCUT2D eigenvalue weighted by Crippen LogP contribution is -2.35. The summed E-state index contributed by atoms with van der Waals surface area (Å²) in [5, 5.41) is 0.581. The van der Waals surface area contributed by atoms with Gasteiger partial charge in [-0.25, -0.2) is 4.39 Å². The van der Waals surface area contributed by atoms with Crippen molar-refractivity contribution in [1.82, 2.24) is 5.43 Å². The van der Waals surface area contributed by atoms with Gasteiger partial charge < -0.3 is 0 Å². The van der Waals surface area contributed by atoms with Gasteiger partial charge in [-0.15, -0.1) is 0 Å². The Bertz CT molecular complexity index is 403. The van der Waals surface area contributed by atoms with Crippen LogP contribution in [0.4, 0.5) is 4.39 Å². The van der Waals surface area contributed by atoms with Crippen LogP contribution in [0.5, 0.6) is 0 Å². The molecule has 1 aliphatic rings. The van der Waals surface area contributed by atoms with Gasteiger partial charge in [0.2, 0.25) is 0 Å². The Balaban J connectivity index is 2.19. The average Bonchev–Trinajstić information content (AvgIpc) is 2.37. The van der Waals surface area contributed by atoms with E-state index < -0.39 is 0 Å². The van der Waals surface area contributed by atoms with E-state index in [0.717, 1.165) is 24.3 Å². The molecule has 4 heteroatoms. The number of hydrazine groups is 1. The quantitative estimate of drug-likeness (QED) is 0.647. The zero-order chi connectivity index (χ0) is 13.1. The molecule has 1 aromatic carbocycles. The number of halogens is 2. The van der Waals surface area contributed by atoms with E-state index in [1.165, 1.54) is 25.0 Å². The fourth-order valence-corrected chi connectivity index (χ4v) is 3.09. The first-order valence-corrected chi connectivity index (χ1v) is 6.90. The normalized spacial score (nSPS) is 26.0. The van der Waals surface area contributed by atoms with E-state index in [1.807, 2.05) is 0 Å². The molecule has 1 unspecified atom stereocenters. The predicted molar refractivity (Wildman–Crippen MR) is 72.6 cm³/mol. The van der Waals surface area contributed by atoms with Crippen molar-refractivity contribution in [2.75, 3.05) is 0 Å². The summed E-state index contributed by atoms with van der Waals surface area (Å²) in [5.41, 5.74) is 3.60. The van der Waals surface area contributed by atoms with E-state index in [1.54, 1.807) is 6.07 Å². The van der Waals surface area contributed by atoms with Crippen LogP contribution in [-0.4, -0.2) is 0 Å². The van der Waals surface area contributed by atoms with E-state index in [4.69, 9.17) is 17.4 Å². The van der Waals surface area contributed by atoms with Crippen molar-refractivity contribution in [3.63, 3.8) is 0 Å². The second-order valence-corrected chi connectivity index (χ2v) is 5.74. The highest BCUT2D eigenvalue weighted by atomic mass is 35.5. The minimum Gasteiger partial charge on any atom is -0.271 e. The molecule has 1 aliphatic carbocycles. The lowest BCUT2D eigenvalue weighted by Gasteiger charge is -2.33. The van der Waals surface area contributed by atoms with Crippen molar-refractivity contribution in [3.05, 3.63) is 34.6 Å².